The fourth-order valence-electron chi connectivity index (χ4n) is 2.51. The van der Waals surface area contributed by atoms with Crippen molar-refractivity contribution in [3.8, 4) is 28.3 Å². The molecule has 0 saturated carbocycles. The Bertz CT molecular complexity index is 718. The standard InChI is InChI=1S/C16H12N2O/c1-2-6-11(7-3-1)15-13-10-19-14-9-5-4-8-12(14)16(13)18-17-15/h1-9H,10H2,(H,17,18). The Labute approximate surface area is 110 Å². The van der Waals surface area contributed by atoms with E-state index in [1.165, 1.54) is 0 Å². The molecule has 0 fully saturated rings. The maximum Gasteiger partial charge on any atom is 0.129 e. The number of H-pyrrole nitrogens is 1. The highest BCUT2D eigenvalue weighted by molar-refractivity contribution is 5.78. The van der Waals surface area contributed by atoms with Gasteiger partial charge in [0.15, 0.2) is 0 Å². The Morgan fingerprint density at radius 3 is 2.63 bits per heavy atom. The second-order valence-corrected chi connectivity index (χ2v) is 4.58. The van der Waals surface area contributed by atoms with Crippen LogP contribution < -0.4 is 4.74 Å². The minimum atomic E-state index is 0.563. The van der Waals surface area contributed by atoms with Crippen molar-refractivity contribution >= 4 is 0 Å². The van der Waals surface area contributed by atoms with E-state index in [2.05, 4.69) is 28.4 Å². The van der Waals surface area contributed by atoms with Gasteiger partial charge in [-0.3, -0.25) is 5.10 Å². The first kappa shape index (κ1) is 10.4. The van der Waals surface area contributed by atoms with E-state index in [-0.39, 0.29) is 0 Å². The molecule has 4 rings (SSSR count). The van der Waals surface area contributed by atoms with E-state index >= 15 is 0 Å². The third-order valence-corrected chi connectivity index (χ3v) is 3.44. The molecule has 1 aromatic heterocycles. The van der Waals surface area contributed by atoms with Gasteiger partial charge >= 0.3 is 0 Å². The van der Waals surface area contributed by atoms with Crippen molar-refractivity contribution < 1.29 is 4.74 Å². The lowest BCUT2D eigenvalue weighted by Crippen LogP contribution is -2.04. The van der Waals surface area contributed by atoms with Gasteiger partial charge in [-0.1, -0.05) is 42.5 Å². The molecule has 0 saturated heterocycles. The summed E-state index contributed by atoms with van der Waals surface area (Å²) in [6.07, 6.45) is 0. The van der Waals surface area contributed by atoms with Crippen molar-refractivity contribution in [2.75, 3.05) is 0 Å². The van der Waals surface area contributed by atoms with Gasteiger partial charge in [0.2, 0.25) is 0 Å². The summed E-state index contributed by atoms with van der Waals surface area (Å²) in [4.78, 5) is 0. The van der Waals surface area contributed by atoms with Crippen LogP contribution in [0, 0.1) is 0 Å². The van der Waals surface area contributed by atoms with E-state index in [4.69, 9.17) is 4.74 Å². The highest BCUT2D eigenvalue weighted by atomic mass is 16.5. The van der Waals surface area contributed by atoms with Crippen LogP contribution in [0.4, 0.5) is 0 Å². The molecular weight excluding hydrogens is 236 g/mol. The molecule has 1 aliphatic rings. The molecule has 2 heterocycles. The number of nitrogens with one attached hydrogen (secondary N) is 1. The second-order valence-electron chi connectivity index (χ2n) is 4.58. The zero-order chi connectivity index (χ0) is 12.7. The largest absolute Gasteiger partial charge is 0.488 e. The minimum absolute atomic E-state index is 0.563. The van der Waals surface area contributed by atoms with Crippen molar-refractivity contribution in [2.45, 2.75) is 6.61 Å². The van der Waals surface area contributed by atoms with Crippen LogP contribution in [-0.2, 0) is 6.61 Å². The van der Waals surface area contributed by atoms with E-state index in [0.29, 0.717) is 6.61 Å². The van der Waals surface area contributed by atoms with Gasteiger partial charge in [0.25, 0.3) is 0 Å². The Kier molecular flexibility index (Phi) is 2.18. The summed E-state index contributed by atoms with van der Waals surface area (Å²) in [5.41, 5.74) is 5.37. The van der Waals surface area contributed by atoms with Gasteiger partial charge in [-0.2, -0.15) is 5.10 Å². The van der Waals surface area contributed by atoms with E-state index in [1.54, 1.807) is 0 Å². The highest BCUT2D eigenvalue weighted by Gasteiger charge is 2.23. The lowest BCUT2D eigenvalue weighted by Gasteiger charge is -2.17. The molecule has 0 bridgehead atoms. The SMILES string of the molecule is c1ccc(-c2n[nH]c3c2COc2ccccc2-3)cc1. The Morgan fingerprint density at radius 1 is 0.947 bits per heavy atom. The molecule has 19 heavy (non-hydrogen) atoms. The molecule has 0 atom stereocenters. The molecule has 1 N–H and O–H groups in total. The van der Waals surface area contributed by atoms with Crippen LogP contribution in [0.1, 0.15) is 5.56 Å². The van der Waals surface area contributed by atoms with Gasteiger partial charge in [-0.25, -0.2) is 0 Å². The number of aromatic nitrogens is 2. The van der Waals surface area contributed by atoms with Crippen LogP contribution in [-0.4, -0.2) is 10.2 Å². The summed E-state index contributed by atoms with van der Waals surface area (Å²) in [5, 5.41) is 7.61. The van der Waals surface area contributed by atoms with Gasteiger partial charge in [-0.05, 0) is 12.1 Å². The Hall–Kier alpha value is -2.55. The second kappa shape index (κ2) is 3.99. The van der Waals surface area contributed by atoms with Crippen molar-refractivity contribution in [3.05, 3.63) is 60.2 Å². The summed E-state index contributed by atoms with van der Waals surface area (Å²) in [5.74, 6) is 0.915. The molecular formula is C16H12N2O. The van der Waals surface area contributed by atoms with Gasteiger partial charge in [-0.15, -0.1) is 0 Å². The number of hydrogen-bond acceptors (Lipinski definition) is 2. The third kappa shape index (κ3) is 1.55. The first-order valence-electron chi connectivity index (χ1n) is 6.28. The van der Waals surface area contributed by atoms with Crippen LogP contribution in [0.3, 0.4) is 0 Å². The number of nitrogens with zero attached hydrogens (tertiary/aromatic N) is 1. The molecule has 1 aliphatic heterocycles. The Morgan fingerprint density at radius 2 is 1.74 bits per heavy atom. The summed E-state index contributed by atoms with van der Waals surface area (Å²) < 4.78 is 5.81. The maximum absolute atomic E-state index is 5.81. The molecule has 92 valence electrons. The average Bonchev–Trinajstić information content (AvgIpc) is 2.92. The molecule has 3 aromatic rings. The zero-order valence-corrected chi connectivity index (χ0v) is 10.3. The van der Waals surface area contributed by atoms with Gasteiger partial charge in [0.05, 0.1) is 11.4 Å². The van der Waals surface area contributed by atoms with E-state index in [0.717, 1.165) is 33.8 Å². The smallest absolute Gasteiger partial charge is 0.129 e. The quantitative estimate of drug-likeness (QED) is 0.714. The lowest BCUT2D eigenvalue weighted by atomic mass is 10.00. The summed E-state index contributed by atoms with van der Waals surface area (Å²) in [7, 11) is 0. The van der Waals surface area contributed by atoms with Crippen molar-refractivity contribution in [2.24, 2.45) is 0 Å². The molecule has 2 aromatic carbocycles. The van der Waals surface area contributed by atoms with Crippen molar-refractivity contribution in [3.63, 3.8) is 0 Å². The zero-order valence-electron chi connectivity index (χ0n) is 10.3. The van der Waals surface area contributed by atoms with E-state index < -0.39 is 0 Å². The number of rotatable bonds is 1. The Balaban J connectivity index is 1.91. The summed E-state index contributed by atoms with van der Waals surface area (Å²) >= 11 is 0. The number of benzene rings is 2. The first-order chi connectivity index (χ1) is 9.43. The van der Waals surface area contributed by atoms with E-state index in [1.807, 2.05) is 36.4 Å². The number of fused-ring (bicyclic) bond motifs is 3. The van der Waals surface area contributed by atoms with Crippen LogP contribution >= 0.6 is 0 Å². The molecule has 3 heteroatoms. The van der Waals surface area contributed by atoms with Gasteiger partial charge < -0.3 is 4.74 Å². The molecule has 0 amide bonds. The van der Waals surface area contributed by atoms with E-state index in [9.17, 15) is 0 Å². The number of aromatic amines is 1. The predicted molar refractivity (Wildman–Crippen MR) is 73.8 cm³/mol. The van der Waals surface area contributed by atoms with Crippen LogP contribution in [0.5, 0.6) is 5.75 Å². The molecule has 0 unspecified atom stereocenters. The van der Waals surface area contributed by atoms with Crippen molar-refractivity contribution in [1.29, 1.82) is 0 Å². The number of ether oxygens (including phenoxy) is 1. The van der Waals surface area contributed by atoms with Crippen LogP contribution in [0.25, 0.3) is 22.5 Å². The maximum atomic E-state index is 5.81. The third-order valence-electron chi connectivity index (χ3n) is 3.44. The highest BCUT2D eigenvalue weighted by Crippen LogP contribution is 2.39. The monoisotopic (exact) mass is 248 g/mol. The normalized spacial score (nSPS) is 12.4. The number of para-hydroxylation sites is 1. The summed E-state index contributed by atoms with van der Waals surface area (Å²) in [6, 6.07) is 18.2. The van der Waals surface area contributed by atoms with Crippen molar-refractivity contribution in [1.82, 2.24) is 10.2 Å². The van der Waals surface area contributed by atoms with Crippen LogP contribution in [0.2, 0.25) is 0 Å². The topological polar surface area (TPSA) is 37.9 Å². The average molecular weight is 248 g/mol. The molecule has 0 radical (unpaired) electrons. The molecule has 3 nitrogen and oxygen atoms in total. The van der Waals surface area contributed by atoms with Gasteiger partial charge in [0, 0.05) is 16.7 Å². The fourth-order valence-corrected chi connectivity index (χ4v) is 2.51. The van der Waals surface area contributed by atoms with Crippen LogP contribution in [0.15, 0.2) is 54.6 Å². The minimum Gasteiger partial charge on any atom is -0.488 e. The lowest BCUT2D eigenvalue weighted by molar-refractivity contribution is 0.303. The van der Waals surface area contributed by atoms with Gasteiger partial charge in [0.1, 0.15) is 12.4 Å². The first-order valence-corrected chi connectivity index (χ1v) is 6.28. The predicted octanol–water partition coefficient (Wildman–Crippen LogP) is 3.64. The fraction of sp³-hybridized carbons (Fsp3) is 0.0625. The molecule has 0 aliphatic carbocycles. The summed E-state index contributed by atoms with van der Waals surface area (Å²) in [6.45, 7) is 0.563. The number of hydrogen-bond donors (Lipinski definition) is 1. The molecule has 0 spiro atoms.